The third-order valence-corrected chi connectivity index (χ3v) is 5.40. The standard InChI is InChI=1S/C22H23N7O3/c1-31-14-5-3-13(4-6-14)19-27-20-16-8-7-15(32-2)11-17(16)25-22(29(20)28-19)26-18-12-23-9-10-24-21(18)30/h3-8,11,18,23H,9-10,12H2,1-2H3,(H,24,30)(H,25,26)/t18-/m1/s1. The SMILES string of the molecule is COc1ccc(-c2nc3c4ccc(OC)cc4nc(N[C@@H]4CNCCNC4=O)n3n2)cc1. The Morgan fingerprint density at radius 2 is 1.81 bits per heavy atom. The van der Waals surface area contributed by atoms with Crippen molar-refractivity contribution in [1.82, 2.24) is 30.2 Å². The Morgan fingerprint density at radius 1 is 1.03 bits per heavy atom. The van der Waals surface area contributed by atoms with E-state index < -0.39 is 6.04 Å². The molecule has 10 nitrogen and oxygen atoms in total. The number of aromatic nitrogens is 4. The molecule has 0 bridgehead atoms. The minimum atomic E-state index is -0.495. The van der Waals surface area contributed by atoms with Gasteiger partial charge in [0, 0.05) is 36.7 Å². The van der Waals surface area contributed by atoms with E-state index in [2.05, 4.69) is 16.0 Å². The summed E-state index contributed by atoms with van der Waals surface area (Å²) < 4.78 is 12.3. The highest BCUT2D eigenvalue weighted by atomic mass is 16.5. The molecular weight excluding hydrogens is 410 g/mol. The third-order valence-electron chi connectivity index (χ3n) is 5.40. The summed E-state index contributed by atoms with van der Waals surface area (Å²) in [5.41, 5.74) is 2.17. The van der Waals surface area contributed by atoms with Gasteiger partial charge in [-0.3, -0.25) is 4.79 Å². The van der Waals surface area contributed by atoms with Crippen molar-refractivity contribution in [3.63, 3.8) is 0 Å². The average molecular weight is 433 g/mol. The number of nitrogens with one attached hydrogen (secondary N) is 3. The molecule has 1 amide bonds. The van der Waals surface area contributed by atoms with Gasteiger partial charge in [-0.05, 0) is 36.4 Å². The lowest BCUT2D eigenvalue weighted by Gasteiger charge is -2.16. The molecule has 2 aromatic heterocycles. The first-order chi connectivity index (χ1) is 15.7. The molecule has 3 heterocycles. The second kappa shape index (κ2) is 8.31. The van der Waals surface area contributed by atoms with Crippen LogP contribution in [0.15, 0.2) is 42.5 Å². The van der Waals surface area contributed by atoms with E-state index in [0.717, 1.165) is 16.7 Å². The first kappa shape index (κ1) is 20.0. The number of benzene rings is 2. The zero-order valence-electron chi connectivity index (χ0n) is 17.8. The van der Waals surface area contributed by atoms with Gasteiger partial charge in [0.25, 0.3) is 0 Å². The van der Waals surface area contributed by atoms with Gasteiger partial charge in [-0.15, -0.1) is 5.10 Å². The van der Waals surface area contributed by atoms with E-state index >= 15 is 0 Å². The summed E-state index contributed by atoms with van der Waals surface area (Å²) >= 11 is 0. The predicted molar refractivity (Wildman–Crippen MR) is 120 cm³/mol. The average Bonchev–Trinajstić information content (AvgIpc) is 3.18. The van der Waals surface area contributed by atoms with Crippen molar-refractivity contribution in [1.29, 1.82) is 0 Å². The van der Waals surface area contributed by atoms with E-state index in [0.29, 0.717) is 48.3 Å². The van der Waals surface area contributed by atoms with Crippen LogP contribution in [0.1, 0.15) is 0 Å². The molecule has 10 heteroatoms. The topological polar surface area (TPSA) is 115 Å². The summed E-state index contributed by atoms with van der Waals surface area (Å²) in [6.45, 7) is 1.78. The van der Waals surface area contributed by atoms with E-state index in [9.17, 15) is 4.79 Å². The molecule has 4 aromatic rings. The molecule has 5 rings (SSSR count). The van der Waals surface area contributed by atoms with Crippen molar-refractivity contribution in [2.24, 2.45) is 0 Å². The zero-order valence-corrected chi connectivity index (χ0v) is 17.8. The Balaban J connectivity index is 1.65. The number of carbonyl (C=O) groups is 1. The van der Waals surface area contributed by atoms with E-state index in [1.165, 1.54) is 0 Å². The van der Waals surface area contributed by atoms with E-state index in [4.69, 9.17) is 24.5 Å². The molecule has 0 unspecified atom stereocenters. The summed E-state index contributed by atoms with van der Waals surface area (Å²) in [6, 6.07) is 12.7. The number of nitrogens with zero attached hydrogens (tertiary/aromatic N) is 4. The van der Waals surface area contributed by atoms with E-state index in [-0.39, 0.29) is 5.91 Å². The number of hydrogen-bond donors (Lipinski definition) is 3. The highest BCUT2D eigenvalue weighted by Crippen LogP contribution is 2.27. The van der Waals surface area contributed by atoms with Gasteiger partial charge in [-0.2, -0.15) is 4.52 Å². The van der Waals surface area contributed by atoms with Gasteiger partial charge >= 0.3 is 0 Å². The van der Waals surface area contributed by atoms with Crippen LogP contribution in [0.25, 0.3) is 27.9 Å². The molecule has 0 spiro atoms. The minimum absolute atomic E-state index is 0.0915. The fourth-order valence-electron chi connectivity index (χ4n) is 3.68. The van der Waals surface area contributed by atoms with Gasteiger partial charge in [-0.1, -0.05) is 0 Å². The number of hydrogen-bond acceptors (Lipinski definition) is 8. The Morgan fingerprint density at radius 3 is 2.59 bits per heavy atom. The summed E-state index contributed by atoms with van der Waals surface area (Å²) in [5, 5.41) is 14.9. The summed E-state index contributed by atoms with van der Waals surface area (Å²) in [5.74, 6) is 2.32. The van der Waals surface area contributed by atoms with Crippen molar-refractivity contribution >= 4 is 28.4 Å². The fraction of sp³-hybridized carbons (Fsp3) is 0.273. The van der Waals surface area contributed by atoms with Crippen molar-refractivity contribution < 1.29 is 14.3 Å². The molecule has 1 fully saturated rings. The van der Waals surface area contributed by atoms with Crippen LogP contribution in [0.2, 0.25) is 0 Å². The number of rotatable bonds is 5. The van der Waals surface area contributed by atoms with Gasteiger partial charge in [0.2, 0.25) is 11.9 Å². The van der Waals surface area contributed by atoms with Gasteiger partial charge in [-0.25, -0.2) is 9.97 Å². The summed E-state index contributed by atoms with van der Waals surface area (Å²) in [7, 11) is 3.24. The van der Waals surface area contributed by atoms with E-state index in [1.54, 1.807) is 18.7 Å². The van der Waals surface area contributed by atoms with Crippen LogP contribution in [0, 0.1) is 0 Å². The van der Waals surface area contributed by atoms with Crippen LogP contribution in [0.4, 0.5) is 5.95 Å². The lowest BCUT2D eigenvalue weighted by Crippen LogP contribution is -2.42. The predicted octanol–water partition coefficient (Wildman–Crippen LogP) is 1.46. The molecule has 0 aliphatic carbocycles. The maximum absolute atomic E-state index is 12.5. The second-order valence-corrected chi connectivity index (χ2v) is 7.41. The van der Waals surface area contributed by atoms with E-state index in [1.807, 2.05) is 42.5 Å². The molecule has 0 saturated carbocycles. The number of ether oxygens (including phenoxy) is 2. The van der Waals surface area contributed by atoms with Crippen LogP contribution in [-0.2, 0) is 4.79 Å². The second-order valence-electron chi connectivity index (χ2n) is 7.41. The molecule has 32 heavy (non-hydrogen) atoms. The Bertz CT molecular complexity index is 1290. The maximum atomic E-state index is 12.5. The van der Waals surface area contributed by atoms with Crippen LogP contribution in [0.3, 0.4) is 0 Å². The highest BCUT2D eigenvalue weighted by molar-refractivity contribution is 5.94. The van der Waals surface area contributed by atoms with Gasteiger partial charge in [0.15, 0.2) is 11.5 Å². The number of methoxy groups -OCH3 is 2. The van der Waals surface area contributed by atoms with Gasteiger partial charge in [0.1, 0.15) is 17.5 Å². The van der Waals surface area contributed by atoms with Crippen molar-refractivity contribution in [2.75, 3.05) is 39.2 Å². The molecule has 1 atom stereocenters. The number of fused-ring (bicyclic) bond motifs is 3. The molecule has 2 aromatic carbocycles. The van der Waals surface area contributed by atoms with Crippen LogP contribution in [-0.4, -0.2) is 65.4 Å². The third kappa shape index (κ3) is 3.65. The molecule has 3 N–H and O–H groups in total. The minimum Gasteiger partial charge on any atom is -0.497 e. The smallest absolute Gasteiger partial charge is 0.243 e. The van der Waals surface area contributed by atoms with Gasteiger partial charge in [0.05, 0.1) is 19.7 Å². The lowest BCUT2D eigenvalue weighted by atomic mass is 10.2. The lowest BCUT2D eigenvalue weighted by molar-refractivity contribution is -0.121. The summed E-state index contributed by atoms with van der Waals surface area (Å²) in [6.07, 6.45) is 0. The molecule has 164 valence electrons. The maximum Gasteiger partial charge on any atom is 0.243 e. The largest absolute Gasteiger partial charge is 0.497 e. The number of carbonyl (C=O) groups excluding carboxylic acids is 1. The molecular formula is C22H23N7O3. The Kier molecular flexibility index (Phi) is 5.20. The fourth-order valence-corrected chi connectivity index (χ4v) is 3.68. The first-order valence-electron chi connectivity index (χ1n) is 10.3. The molecule has 0 radical (unpaired) electrons. The van der Waals surface area contributed by atoms with Gasteiger partial charge < -0.3 is 25.4 Å². The molecule has 1 aliphatic heterocycles. The zero-order chi connectivity index (χ0) is 22.1. The first-order valence-corrected chi connectivity index (χ1v) is 10.3. The van der Waals surface area contributed by atoms with Crippen LogP contribution >= 0.6 is 0 Å². The monoisotopic (exact) mass is 433 g/mol. The van der Waals surface area contributed by atoms with Crippen molar-refractivity contribution in [3.8, 4) is 22.9 Å². The number of anilines is 1. The summed E-state index contributed by atoms with van der Waals surface area (Å²) in [4.78, 5) is 22.0. The Hall–Kier alpha value is -3.92. The normalized spacial score (nSPS) is 16.6. The Labute approximate surface area is 184 Å². The quantitative estimate of drug-likeness (QED) is 0.433. The highest BCUT2D eigenvalue weighted by Gasteiger charge is 2.23. The molecule has 1 saturated heterocycles. The van der Waals surface area contributed by atoms with Crippen LogP contribution in [0.5, 0.6) is 11.5 Å². The van der Waals surface area contributed by atoms with Crippen molar-refractivity contribution in [2.45, 2.75) is 6.04 Å². The van der Waals surface area contributed by atoms with Crippen molar-refractivity contribution in [3.05, 3.63) is 42.5 Å². The molecule has 1 aliphatic rings. The van der Waals surface area contributed by atoms with Crippen LogP contribution < -0.4 is 25.4 Å². The number of amides is 1.